The third-order valence-electron chi connectivity index (χ3n) is 5.78. The van der Waals surface area contributed by atoms with Gasteiger partial charge in [-0.25, -0.2) is 0 Å². The van der Waals surface area contributed by atoms with E-state index in [1.807, 2.05) is 65.6 Å². The molecule has 2 amide bonds. The van der Waals surface area contributed by atoms with E-state index >= 15 is 0 Å². The summed E-state index contributed by atoms with van der Waals surface area (Å²) in [5.41, 5.74) is 5.55. The van der Waals surface area contributed by atoms with Gasteiger partial charge in [-0.1, -0.05) is 66.7 Å². The molecule has 0 spiro atoms. The highest BCUT2D eigenvalue weighted by molar-refractivity contribution is 6.14. The minimum atomic E-state index is -0.527. The van der Waals surface area contributed by atoms with E-state index in [0.29, 0.717) is 18.5 Å². The van der Waals surface area contributed by atoms with Crippen molar-refractivity contribution in [2.24, 2.45) is 0 Å². The smallest absolute Gasteiger partial charge is 0.256 e. The van der Waals surface area contributed by atoms with Gasteiger partial charge >= 0.3 is 0 Å². The molecule has 4 heteroatoms. The molecule has 3 aromatic carbocycles. The van der Waals surface area contributed by atoms with Crippen LogP contribution in [0.5, 0.6) is 0 Å². The predicted octanol–water partition coefficient (Wildman–Crippen LogP) is 3.90. The highest BCUT2D eigenvalue weighted by Crippen LogP contribution is 2.43. The lowest BCUT2D eigenvalue weighted by atomic mass is 9.91. The number of hydrogen-bond acceptors (Lipinski definition) is 2. The molecule has 0 radical (unpaired) electrons. The van der Waals surface area contributed by atoms with Gasteiger partial charge in [0.15, 0.2) is 0 Å². The third-order valence-corrected chi connectivity index (χ3v) is 5.78. The number of amides is 2. The quantitative estimate of drug-likeness (QED) is 0.688. The molecule has 2 heterocycles. The van der Waals surface area contributed by atoms with Crippen LogP contribution < -0.4 is 4.90 Å². The molecule has 5 rings (SSSR count). The van der Waals surface area contributed by atoms with Crippen LogP contribution in [0, 0.1) is 0 Å². The molecule has 0 aliphatic carbocycles. The Labute approximate surface area is 164 Å². The lowest BCUT2D eigenvalue weighted by molar-refractivity contribution is -0.122. The summed E-state index contributed by atoms with van der Waals surface area (Å²) in [6.45, 7) is 0.491. The molecule has 0 saturated heterocycles. The summed E-state index contributed by atoms with van der Waals surface area (Å²) in [5.74, 6) is -0.131. The maximum absolute atomic E-state index is 13.6. The third kappa shape index (κ3) is 2.45. The Hall–Kier alpha value is -3.40. The molecular weight excluding hydrogens is 348 g/mol. The van der Waals surface area contributed by atoms with E-state index in [0.717, 1.165) is 27.9 Å². The van der Waals surface area contributed by atoms with Crippen molar-refractivity contribution in [3.8, 4) is 11.1 Å². The average molecular weight is 368 g/mol. The van der Waals surface area contributed by atoms with Crippen molar-refractivity contribution in [2.45, 2.75) is 19.0 Å². The molecule has 0 saturated carbocycles. The number of carbonyl (C=O) groups is 2. The fourth-order valence-electron chi connectivity index (χ4n) is 4.32. The summed E-state index contributed by atoms with van der Waals surface area (Å²) in [4.78, 5) is 30.3. The Balaban J connectivity index is 1.66. The van der Waals surface area contributed by atoms with Gasteiger partial charge in [0.25, 0.3) is 5.91 Å². The molecule has 0 N–H and O–H groups in total. The zero-order valence-electron chi connectivity index (χ0n) is 15.6. The van der Waals surface area contributed by atoms with Gasteiger partial charge in [0.1, 0.15) is 6.04 Å². The monoisotopic (exact) mass is 368 g/mol. The van der Waals surface area contributed by atoms with Crippen molar-refractivity contribution < 1.29 is 9.59 Å². The van der Waals surface area contributed by atoms with Crippen LogP contribution in [0.4, 0.5) is 5.69 Å². The van der Waals surface area contributed by atoms with Gasteiger partial charge in [-0.3, -0.25) is 9.59 Å². The summed E-state index contributed by atoms with van der Waals surface area (Å²) < 4.78 is 0. The Morgan fingerprint density at radius 3 is 2.32 bits per heavy atom. The molecule has 0 bridgehead atoms. The van der Waals surface area contributed by atoms with Crippen molar-refractivity contribution in [2.75, 3.05) is 11.9 Å². The molecular formula is C24H20N2O2. The Morgan fingerprint density at radius 1 is 0.821 bits per heavy atom. The number of anilines is 1. The van der Waals surface area contributed by atoms with Crippen LogP contribution in [0.2, 0.25) is 0 Å². The van der Waals surface area contributed by atoms with Crippen LogP contribution in [-0.4, -0.2) is 29.8 Å². The summed E-state index contributed by atoms with van der Waals surface area (Å²) >= 11 is 0. The zero-order chi connectivity index (χ0) is 19.3. The number of carbonyl (C=O) groups excluding carboxylic acids is 2. The van der Waals surface area contributed by atoms with Crippen molar-refractivity contribution in [3.05, 3.63) is 89.5 Å². The second-order valence-electron chi connectivity index (χ2n) is 7.40. The van der Waals surface area contributed by atoms with Crippen molar-refractivity contribution in [1.82, 2.24) is 4.90 Å². The first kappa shape index (κ1) is 16.8. The molecule has 1 unspecified atom stereocenters. The Morgan fingerprint density at radius 2 is 1.50 bits per heavy atom. The molecule has 138 valence electrons. The first-order chi connectivity index (χ1) is 13.6. The maximum atomic E-state index is 13.6. The van der Waals surface area contributed by atoms with Gasteiger partial charge in [-0.05, 0) is 22.8 Å². The van der Waals surface area contributed by atoms with Crippen LogP contribution >= 0.6 is 0 Å². The second-order valence-corrected chi connectivity index (χ2v) is 7.40. The fourth-order valence-corrected chi connectivity index (χ4v) is 4.32. The number of likely N-dealkylation sites (N-methyl/N-ethyl adjacent to an activating group) is 1. The average Bonchev–Trinajstić information content (AvgIpc) is 2.81. The first-order valence-corrected chi connectivity index (χ1v) is 9.49. The molecule has 4 nitrogen and oxygen atoms in total. The number of para-hydroxylation sites is 1. The lowest BCUT2D eigenvalue weighted by Crippen LogP contribution is -2.48. The van der Waals surface area contributed by atoms with Crippen LogP contribution in [0.25, 0.3) is 11.1 Å². The number of nitrogens with zero attached hydrogens (tertiary/aromatic N) is 2. The second kappa shape index (κ2) is 6.34. The minimum Gasteiger partial charge on any atom is -0.329 e. The summed E-state index contributed by atoms with van der Waals surface area (Å²) in [7, 11) is 1.73. The highest BCUT2D eigenvalue weighted by atomic mass is 16.2. The van der Waals surface area contributed by atoms with Crippen LogP contribution in [0.15, 0.2) is 72.8 Å². The van der Waals surface area contributed by atoms with Gasteiger partial charge in [0.2, 0.25) is 5.91 Å². The molecule has 0 aromatic heterocycles. The van der Waals surface area contributed by atoms with Crippen LogP contribution in [0.3, 0.4) is 0 Å². The summed E-state index contributed by atoms with van der Waals surface area (Å²) in [6, 6.07) is 23.2. The Bertz CT molecular complexity index is 1090. The standard InChI is InChI=1S/C24H20N2O2/c1-25-21(14-16-8-3-2-4-9-16)24(28)26-15-17-10-5-6-11-18(17)19-12-7-13-20(22(19)26)23(25)27/h2-13,21H,14-15H2,1H3. The topological polar surface area (TPSA) is 40.6 Å². The van der Waals surface area contributed by atoms with E-state index in [1.54, 1.807) is 11.9 Å². The highest BCUT2D eigenvalue weighted by Gasteiger charge is 2.40. The van der Waals surface area contributed by atoms with E-state index in [1.165, 1.54) is 0 Å². The van der Waals surface area contributed by atoms with E-state index < -0.39 is 6.04 Å². The molecule has 1 atom stereocenters. The number of fused-ring (bicyclic) bond motifs is 2. The van der Waals surface area contributed by atoms with E-state index in [9.17, 15) is 9.59 Å². The van der Waals surface area contributed by atoms with Crippen LogP contribution in [0.1, 0.15) is 21.5 Å². The molecule has 2 aliphatic heterocycles. The maximum Gasteiger partial charge on any atom is 0.256 e. The largest absolute Gasteiger partial charge is 0.329 e. The molecule has 0 fully saturated rings. The van der Waals surface area contributed by atoms with Crippen molar-refractivity contribution in [1.29, 1.82) is 0 Å². The molecule has 3 aromatic rings. The molecule has 28 heavy (non-hydrogen) atoms. The van der Waals surface area contributed by atoms with E-state index in [-0.39, 0.29) is 11.8 Å². The van der Waals surface area contributed by atoms with Gasteiger partial charge in [-0.15, -0.1) is 0 Å². The van der Waals surface area contributed by atoms with E-state index in [2.05, 4.69) is 12.1 Å². The van der Waals surface area contributed by atoms with Crippen molar-refractivity contribution >= 4 is 17.5 Å². The predicted molar refractivity (Wildman–Crippen MR) is 109 cm³/mol. The summed E-state index contributed by atoms with van der Waals surface area (Å²) in [5, 5.41) is 0. The Kier molecular flexibility index (Phi) is 3.79. The number of benzene rings is 3. The summed E-state index contributed by atoms with van der Waals surface area (Å²) in [6.07, 6.45) is 0.503. The zero-order valence-corrected chi connectivity index (χ0v) is 15.6. The van der Waals surface area contributed by atoms with Crippen LogP contribution in [-0.2, 0) is 17.8 Å². The minimum absolute atomic E-state index is 0.0274. The van der Waals surface area contributed by atoms with Crippen molar-refractivity contribution in [3.63, 3.8) is 0 Å². The van der Waals surface area contributed by atoms with E-state index in [4.69, 9.17) is 0 Å². The SMILES string of the molecule is CN1C(=O)c2cccc3c2N(Cc2ccccc2-3)C(=O)C1Cc1ccccc1. The number of rotatable bonds is 2. The van der Waals surface area contributed by atoms with Gasteiger partial charge in [-0.2, -0.15) is 0 Å². The fraction of sp³-hybridized carbons (Fsp3) is 0.167. The van der Waals surface area contributed by atoms with Gasteiger partial charge < -0.3 is 9.80 Å². The number of hydrogen-bond donors (Lipinski definition) is 0. The van der Waals surface area contributed by atoms with Gasteiger partial charge in [0, 0.05) is 19.0 Å². The first-order valence-electron chi connectivity index (χ1n) is 9.49. The van der Waals surface area contributed by atoms with Gasteiger partial charge in [0.05, 0.1) is 17.8 Å². The normalized spacial score (nSPS) is 17.8. The molecule has 2 aliphatic rings. The lowest BCUT2D eigenvalue weighted by Gasteiger charge is -2.33.